The van der Waals surface area contributed by atoms with Crippen LogP contribution in [0.25, 0.3) is 0 Å². The summed E-state index contributed by atoms with van der Waals surface area (Å²) in [7, 11) is -0.0557. The van der Waals surface area contributed by atoms with Crippen molar-refractivity contribution in [3.8, 4) is 0 Å². The average Bonchev–Trinajstić information content (AvgIpc) is 2.22. The molecule has 0 fully saturated rings. The Labute approximate surface area is 94.3 Å². The van der Waals surface area contributed by atoms with Crippen LogP contribution in [-0.4, -0.2) is 27.6 Å². The van der Waals surface area contributed by atoms with Crippen molar-refractivity contribution in [3.63, 3.8) is 0 Å². The maximum Gasteiger partial charge on any atom is 0.305 e. The van der Waals surface area contributed by atoms with Crippen LogP contribution < -0.4 is 0 Å². The van der Waals surface area contributed by atoms with Crippen molar-refractivity contribution < 1.29 is 14.0 Å². The van der Waals surface area contributed by atoms with Crippen LogP contribution in [0.4, 0.5) is 0 Å². The van der Waals surface area contributed by atoms with Crippen molar-refractivity contribution in [2.24, 2.45) is 0 Å². The van der Waals surface area contributed by atoms with Crippen LogP contribution in [0, 0.1) is 0 Å². The first-order valence-electron chi connectivity index (χ1n) is 5.72. The molecule has 4 heteroatoms. The molecular weight excluding hydrogens is 208 g/mol. The molecule has 90 valence electrons. The molecule has 0 atom stereocenters. The second-order valence-corrected chi connectivity index (χ2v) is 8.65. The molecule has 0 N–H and O–H groups in total. The highest BCUT2D eigenvalue weighted by molar-refractivity contribution is 6.71. The molecule has 0 aliphatic carbocycles. The Hall–Kier alpha value is -0.353. The zero-order chi connectivity index (χ0) is 11.7. The number of unbranched alkanes of at least 4 members (excludes halogenated alkanes) is 3. The summed E-state index contributed by atoms with van der Waals surface area (Å²) in [4.78, 5) is 11.3. The molecule has 0 aromatic rings. The molecule has 0 radical (unpaired) electrons. The molecule has 0 aromatic carbocycles. The van der Waals surface area contributed by atoms with Crippen LogP contribution in [-0.2, 0) is 14.0 Å². The Morgan fingerprint density at radius 3 is 2.40 bits per heavy atom. The molecule has 3 nitrogen and oxygen atoms in total. The van der Waals surface area contributed by atoms with Gasteiger partial charge in [0.1, 0.15) is 6.23 Å². The van der Waals surface area contributed by atoms with Crippen LogP contribution in [0.3, 0.4) is 0 Å². The first-order valence-corrected chi connectivity index (χ1v) is 8.84. The molecule has 0 unspecified atom stereocenters. The van der Waals surface area contributed by atoms with E-state index in [0.29, 0.717) is 12.7 Å². The minimum Gasteiger partial charge on any atom is -0.466 e. The van der Waals surface area contributed by atoms with E-state index < -0.39 is 8.32 Å². The Kier molecular flexibility index (Phi) is 7.69. The van der Waals surface area contributed by atoms with Crippen molar-refractivity contribution in [1.29, 1.82) is 0 Å². The fourth-order valence-electron chi connectivity index (χ4n) is 1.08. The van der Waals surface area contributed by atoms with E-state index in [1.807, 2.05) is 13.1 Å². The predicted molar refractivity (Wildman–Crippen MR) is 64.2 cm³/mol. The molecule has 0 rings (SSSR count). The van der Waals surface area contributed by atoms with Crippen molar-refractivity contribution >= 4 is 14.3 Å². The van der Waals surface area contributed by atoms with Gasteiger partial charge in [-0.25, -0.2) is 0 Å². The third-order valence-electron chi connectivity index (χ3n) is 2.37. The lowest BCUT2D eigenvalue weighted by molar-refractivity contribution is -0.142. The summed E-state index contributed by atoms with van der Waals surface area (Å²) >= 11 is 0. The van der Waals surface area contributed by atoms with Crippen molar-refractivity contribution in [2.45, 2.75) is 52.1 Å². The van der Waals surface area contributed by atoms with Gasteiger partial charge in [0.25, 0.3) is 0 Å². The minimum absolute atomic E-state index is 0.0799. The zero-order valence-corrected chi connectivity index (χ0v) is 11.5. The normalized spacial score (nSPS) is 11.5. The van der Waals surface area contributed by atoms with Crippen LogP contribution in [0.15, 0.2) is 0 Å². The molecule has 0 heterocycles. The highest BCUT2D eigenvalue weighted by Gasteiger charge is 2.22. The van der Waals surface area contributed by atoms with Gasteiger partial charge < -0.3 is 9.16 Å². The van der Waals surface area contributed by atoms with E-state index in [-0.39, 0.29) is 5.97 Å². The summed E-state index contributed by atoms with van der Waals surface area (Å²) in [6.45, 7) is 6.24. The Bertz CT molecular complexity index is 181. The lowest BCUT2D eigenvalue weighted by Gasteiger charge is -2.19. The van der Waals surface area contributed by atoms with Gasteiger partial charge in [0.05, 0.1) is 0 Å². The number of hydrogen-bond donors (Lipinski definition) is 0. The van der Waals surface area contributed by atoms with Gasteiger partial charge in [-0.15, -0.1) is 0 Å². The van der Waals surface area contributed by atoms with E-state index in [4.69, 9.17) is 9.16 Å². The van der Waals surface area contributed by atoms with Crippen molar-refractivity contribution in [3.05, 3.63) is 0 Å². The third-order valence-corrected chi connectivity index (χ3v) is 4.31. The van der Waals surface area contributed by atoms with Gasteiger partial charge in [0, 0.05) is 13.5 Å². The second kappa shape index (κ2) is 7.88. The summed E-state index contributed by atoms with van der Waals surface area (Å²) in [6, 6.07) is 0. The van der Waals surface area contributed by atoms with Gasteiger partial charge in [-0.3, -0.25) is 4.79 Å². The molecular formula is C11H24O3Si. The van der Waals surface area contributed by atoms with E-state index in [1.165, 1.54) is 12.8 Å². The van der Waals surface area contributed by atoms with Crippen LogP contribution in [0.5, 0.6) is 0 Å². The van der Waals surface area contributed by atoms with E-state index in [9.17, 15) is 4.79 Å². The zero-order valence-electron chi connectivity index (χ0n) is 10.5. The SMILES string of the molecule is CCCCCCC(=O)OC[Si](C)(C)OC. The number of carbonyl (C=O) groups excluding carboxylic acids is 1. The lowest BCUT2D eigenvalue weighted by Crippen LogP contribution is -2.36. The number of hydrogen-bond acceptors (Lipinski definition) is 3. The fraction of sp³-hybridized carbons (Fsp3) is 0.909. The summed E-state index contributed by atoms with van der Waals surface area (Å²) in [5.74, 6) is -0.0799. The first-order chi connectivity index (χ1) is 7.02. The van der Waals surface area contributed by atoms with Crippen molar-refractivity contribution in [2.75, 3.05) is 13.3 Å². The summed E-state index contributed by atoms with van der Waals surface area (Å²) in [5, 5.41) is 0. The minimum atomic E-state index is -1.74. The monoisotopic (exact) mass is 232 g/mol. The molecule has 0 saturated heterocycles. The van der Waals surface area contributed by atoms with Gasteiger partial charge in [0.15, 0.2) is 0 Å². The van der Waals surface area contributed by atoms with Gasteiger partial charge in [0.2, 0.25) is 8.32 Å². The molecule has 15 heavy (non-hydrogen) atoms. The van der Waals surface area contributed by atoms with E-state index >= 15 is 0 Å². The van der Waals surface area contributed by atoms with Crippen LogP contribution in [0.2, 0.25) is 13.1 Å². The smallest absolute Gasteiger partial charge is 0.305 e. The van der Waals surface area contributed by atoms with Gasteiger partial charge in [-0.2, -0.15) is 0 Å². The number of ether oxygens (including phenoxy) is 1. The molecule has 0 amide bonds. The fourth-order valence-corrected chi connectivity index (χ4v) is 1.71. The van der Waals surface area contributed by atoms with E-state index in [2.05, 4.69) is 6.92 Å². The quantitative estimate of drug-likeness (QED) is 0.367. The standard InChI is InChI=1S/C11H24O3Si/c1-5-6-7-8-9-11(12)14-10-15(3,4)13-2/h5-10H2,1-4H3. The molecule has 0 saturated carbocycles. The average molecular weight is 232 g/mol. The maximum absolute atomic E-state index is 11.3. The number of rotatable bonds is 8. The Balaban J connectivity index is 3.49. The summed E-state index contributed by atoms with van der Waals surface area (Å²) in [5.41, 5.74) is 0. The summed E-state index contributed by atoms with van der Waals surface area (Å²) in [6.07, 6.45) is 5.48. The molecule has 0 aliphatic heterocycles. The topological polar surface area (TPSA) is 35.5 Å². The first kappa shape index (κ1) is 14.6. The molecule has 0 aromatic heterocycles. The van der Waals surface area contributed by atoms with E-state index in [1.54, 1.807) is 7.11 Å². The largest absolute Gasteiger partial charge is 0.466 e. The highest BCUT2D eigenvalue weighted by atomic mass is 28.4. The van der Waals surface area contributed by atoms with E-state index in [0.717, 1.165) is 12.8 Å². The predicted octanol–water partition coefficient (Wildman–Crippen LogP) is 2.89. The Morgan fingerprint density at radius 2 is 1.87 bits per heavy atom. The highest BCUT2D eigenvalue weighted by Crippen LogP contribution is 2.06. The summed E-state index contributed by atoms with van der Waals surface area (Å²) < 4.78 is 10.5. The van der Waals surface area contributed by atoms with Crippen LogP contribution >= 0.6 is 0 Å². The molecule has 0 bridgehead atoms. The Morgan fingerprint density at radius 1 is 1.20 bits per heavy atom. The molecule has 0 aliphatic rings. The molecule has 0 spiro atoms. The van der Waals surface area contributed by atoms with Gasteiger partial charge in [-0.1, -0.05) is 26.2 Å². The number of esters is 1. The van der Waals surface area contributed by atoms with Crippen molar-refractivity contribution in [1.82, 2.24) is 0 Å². The van der Waals surface area contributed by atoms with Gasteiger partial charge >= 0.3 is 5.97 Å². The van der Waals surface area contributed by atoms with Crippen LogP contribution in [0.1, 0.15) is 39.0 Å². The third kappa shape index (κ3) is 8.63. The number of carbonyl (C=O) groups is 1. The lowest BCUT2D eigenvalue weighted by atomic mass is 10.2. The van der Waals surface area contributed by atoms with Gasteiger partial charge in [-0.05, 0) is 19.5 Å². The second-order valence-electron chi connectivity index (χ2n) is 4.44. The maximum atomic E-state index is 11.3.